The van der Waals surface area contributed by atoms with Crippen LogP contribution in [0, 0.1) is 0 Å². The van der Waals surface area contributed by atoms with Crippen LogP contribution >= 0.6 is 23.1 Å². The highest BCUT2D eigenvalue weighted by molar-refractivity contribution is 7.99. The second-order valence-corrected chi connectivity index (χ2v) is 7.69. The molecule has 148 valence electrons. The molecule has 0 aliphatic rings. The number of hydrogen-bond acceptors (Lipinski definition) is 8. The first-order valence-electron chi connectivity index (χ1n) is 8.47. The Balaban J connectivity index is 1.59. The Kier molecular flexibility index (Phi) is 6.77. The molecular formula is C18H21N5O3S2. The lowest BCUT2D eigenvalue weighted by molar-refractivity contribution is -0.118. The van der Waals surface area contributed by atoms with Gasteiger partial charge in [-0.1, -0.05) is 17.8 Å². The zero-order valence-electron chi connectivity index (χ0n) is 15.5. The topological polar surface area (TPSA) is 104 Å². The predicted molar refractivity (Wildman–Crippen MR) is 110 cm³/mol. The highest BCUT2D eigenvalue weighted by atomic mass is 32.2. The molecule has 1 amide bonds. The van der Waals surface area contributed by atoms with Crippen molar-refractivity contribution in [2.45, 2.75) is 11.6 Å². The summed E-state index contributed by atoms with van der Waals surface area (Å²) in [7, 11) is 3.14. The van der Waals surface area contributed by atoms with Crippen LogP contribution in [0.1, 0.15) is 4.88 Å². The van der Waals surface area contributed by atoms with E-state index in [-0.39, 0.29) is 11.7 Å². The van der Waals surface area contributed by atoms with Crippen LogP contribution in [0.2, 0.25) is 0 Å². The number of aromatic nitrogens is 3. The van der Waals surface area contributed by atoms with Gasteiger partial charge in [-0.2, -0.15) is 0 Å². The summed E-state index contributed by atoms with van der Waals surface area (Å²) in [4.78, 5) is 13.3. The summed E-state index contributed by atoms with van der Waals surface area (Å²) in [6, 6.07) is 9.40. The number of thiophene rings is 1. The number of nitrogens with one attached hydrogen (secondary N) is 1. The van der Waals surface area contributed by atoms with E-state index in [0.29, 0.717) is 34.6 Å². The summed E-state index contributed by atoms with van der Waals surface area (Å²) in [5.41, 5.74) is 0.686. The fourth-order valence-electron chi connectivity index (χ4n) is 2.50. The highest BCUT2D eigenvalue weighted by Gasteiger charge is 2.17. The Morgan fingerprint density at radius 3 is 2.86 bits per heavy atom. The summed E-state index contributed by atoms with van der Waals surface area (Å²) >= 11 is 2.91. The molecule has 8 nitrogen and oxygen atoms in total. The molecule has 0 spiro atoms. The van der Waals surface area contributed by atoms with E-state index >= 15 is 0 Å². The Bertz CT molecular complexity index is 927. The van der Waals surface area contributed by atoms with Crippen LogP contribution in [0.4, 0.5) is 0 Å². The van der Waals surface area contributed by atoms with Crippen molar-refractivity contribution in [1.29, 1.82) is 0 Å². The van der Waals surface area contributed by atoms with Gasteiger partial charge in [0.15, 0.2) is 5.82 Å². The number of benzene rings is 1. The minimum absolute atomic E-state index is 0.0758. The number of rotatable bonds is 9. The fourth-order valence-corrected chi connectivity index (χ4v) is 3.90. The van der Waals surface area contributed by atoms with Gasteiger partial charge < -0.3 is 20.6 Å². The van der Waals surface area contributed by atoms with Crippen LogP contribution in [0.5, 0.6) is 11.5 Å². The van der Waals surface area contributed by atoms with E-state index in [9.17, 15) is 4.79 Å². The third-order valence-corrected chi connectivity index (χ3v) is 5.80. The molecular weight excluding hydrogens is 398 g/mol. The van der Waals surface area contributed by atoms with Crippen molar-refractivity contribution in [3.63, 3.8) is 0 Å². The largest absolute Gasteiger partial charge is 0.497 e. The second kappa shape index (κ2) is 9.47. The number of thioether (sulfide) groups is 1. The smallest absolute Gasteiger partial charge is 0.230 e. The average Bonchev–Trinajstić information content (AvgIpc) is 3.35. The quantitative estimate of drug-likeness (QED) is 0.405. The third kappa shape index (κ3) is 4.76. The molecule has 0 saturated heterocycles. The number of nitrogens with zero attached hydrogens (tertiary/aromatic N) is 3. The van der Waals surface area contributed by atoms with E-state index < -0.39 is 0 Å². The van der Waals surface area contributed by atoms with Crippen molar-refractivity contribution in [1.82, 2.24) is 20.2 Å². The third-order valence-electron chi connectivity index (χ3n) is 3.92. The average molecular weight is 420 g/mol. The molecule has 2 aromatic heterocycles. The van der Waals surface area contributed by atoms with Crippen LogP contribution < -0.4 is 20.6 Å². The van der Waals surface area contributed by atoms with Crippen molar-refractivity contribution >= 4 is 29.0 Å². The zero-order valence-corrected chi connectivity index (χ0v) is 17.2. The van der Waals surface area contributed by atoms with Gasteiger partial charge >= 0.3 is 0 Å². The van der Waals surface area contributed by atoms with Gasteiger partial charge in [-0.25, -0.2) is 4.68 Å². The van der Waals surface area contributed by atoms with Gasteiger partial charge in [0, 0.05) is 17.5 Å². The maximum atomic E-state index is 12.0. The summed E-state index contributed by atoms with van der Waals surface area (Å²) in [5.74, 6) is 7.95. The van der Waals surface area contributed by atoms with Crippen molar-refractivity contribution < 1.29 is 14.3 Å². The van der Waals surface area contributed by atoms with E-state index in [1.807, 2.05) is 11.4 Å². The molecule has 3 rings (SSSR count). The molecule has 0 saturated carbocycles. The monoisotopic (exact) mass is 419 g/mol. The number of carbonyl (C=O) groups excluding carboxylic acids is 1. The van der Waals surface area contributed by atoms with E-state index in [1.165, 1.54) is 21.3 Å². The number of amides is 1. The van der Waals surface area contributed by atoms with Crippen LogP contribution in [-0.2, 0) is 11.2 Å². The molecule has 0 radical (unpaired) electrons. The Morgan fingerprint density at radius 1 is 1.29 bits per heavy atom. The fraction of sp³-hybridized carbons (Fsp3) is 0.278. The molecule has 3 N–H and O–H groups in total. The summed E-state index contributed by atoms with van der Waals surface area (Å²) in [6.45, 7) is 0.601. The number of ether oxygens (including phenoxy) is 2. The minimum Gasteiger partial charge on any atom is -0.497 e. The number of hydrogen-bond donors (Lipinski definition) is 2. The first kappa shape index (κ1) is 20.0. The van der Waals surface area contributed by atoms with Gasteiger partial charge in [0.05, 0.1) is 25.5 Å². The molecule has 0 fully saturated rings. The van der Waals surface area contributed by atoms with Crippen LogP contribution in [0.3, 0.4) is 0 Å². The predicted octanol–water partition coefficient (Wildman–Crippen LogP) is 2.19. The van der Waals surface area contributed by atoms with Gasteiger partial charge in [0.1, 0.15) is 11.5 Å². The molecule has 1 aromatic carbocycles. The SMILES string of the molecule is COc1ccc(-c2nnc(SCC(=O)NCCc3cccs3)n2N)c(OC)c1. The minimum atomic E-state index is -0.0758. The van der Waals surface area contributed by atoms with Crippen LogP contribution in [0.15, 0.2) is 40.9 Å². The number of nitrogen functional groups attached to an aromatic ring is 1. The van der Waals surface area contributed by atoms with E-state index in [0.717, 1.165) is 6.42 Å². The van der Waals surface area contributed by atoms with E-state index in [4.69, 9.17) is 15.3 Å². The Morgan fingerprint density at radius 2 is 2.14 bits per heavy atom. The van der Waals surface area contributed by atoms with E-state index in [1.54, 1.807) is 43.8 Å². The lowest BCUT2D eigenvalue weighted by atomic mass is 10.2. The van der Waals surface area contributed by atoms with Gasteiger partial charge in [0.25, 0.3) is 0 Å². The molecule has 2 heterocycles. The molecule has 3 aromatic rings. The zero-order chi connectivity index (χ0) is 19.9. The van der Waals surface area contributed by atoms with Gasteiger partial charge in [-0.05, 0) is 30.0 Å². The molecule has 28 heavy (non-hydrogen) atoms. The first-order valence-corrected chi connectivity index (χ1v) is 10.3. The first-order chi connectivity index (χ1) is 13.6. The lowest BCUT2D eigenvalue weighted by Crippen LogP contribution is -2.27. The maximum absolute atomic E-state index is 12.0. The normalized spacial score (nSPS) is 10.6. The van der Waals surface area contributed by atoms with Crippen molar-refractivity contribution in [3.05, 3.63) is 40.6 Å². The standard InChI is InChI=1S/C18H21N5O3S2/c1-25-12-5-6-14(15(10-12)26-2)17-21-22-18(23(17)19)28-11-16(24)20-8-7-13-4-3-9-27-13/h3-6,9-10H,7-8,11,19H2,1-2H3,(H,20,24). The van der Waals surface area contributed by atoms with Gasteiger partial charge in [-0.3, -0.25) is 4.79 Å². The van der Waals surface area contributed by atoms with Gasteiger partial charge in [0.2, 0.25) is 11.1 Å². The van der Waals surface area contributed by atoms with Gasteiger partial charge in [-0.15, -0.1) is 21.5 Å². The Hall–Kier alpha value is -2.72. The van der Waals surface area contributed by atoms with Crippen molar-refractivity contribution in [2.75, 3.05) is 32.4 Å². The van der Waals surface area contributed by atoms with E-state index in [2.05, 4.69) is 21.6 Å². The highest BCUT2D eigenvalue weighted by Crippen LogP contribution is 2.32. The summed E-state index contributed by atoms with van der Waals surface area (Å²) < 4.78 is 11.9. The maximum Gasteiger partial charge on any atom is 0.230 e. The number of nitrogens with two attached hydrogens (primary N) is 1. The second-order valence-electron chi connectivity index (χ2n) is 5.71. The number of methoxy groups -OCH3 is 2. The molecule has 0 unspecified atom stereocenters. The molecule has 0 bridgehead atoms. The van der Waals surface area contributed by atoms with Crippen LogP contribution in [-0.4, -0.2) is 47.3 Å². The number of carbonyl (C=O) groups is 1. The lowest BCUT2D eigenvalue weighted by Gasteiger charge is -2.10. The molecule has 0 aliphatic carbocycles. The van der Waals surface area contributed by atoms with Crippen molar-refractivity contribution in [2.24, 2.45) is 0 Å². The Labute approximate surface area is 171 Å². The molecule has 10 heteroatoms. The summed E-state index contributed by atoms with van der Waals surface area (Å²) in [6.07, 6.45) is 0.822. The molecule has 0 aliphatic heterocycles. The van der Waals surface area contributed by atoms with Crippen molar-refractivity contribution in [3.8, 4) is 22.9 Å². The van der Waals surface area contributed by atoms with Crippen LogP contribution in [0.25, 0.3) is 11.4 Å². The summed E-state index contributed by atoms with van der Waals surface area (Å²) in [5, 5.41) is 13.6. The molecule has 0 atom stereocenters.